The van der Waals surface area contributed by atoms with Gasteiger partial charge in [-0.3, -0.25) is 9.69 Å². The Morgan fingerprint density at radius 3 is 2.52 bits per heavy atom. The maximum absolute atomic E-state index is 12.4. The number of halogens is 2. The van der Waals surface area contributed by atoms with Crippen molar-refractivity contribution in [3.05, 3.63) is 33.8 Å². The lowest BCUT2D eigenvalue weighted by Gasteiger charge is -2.34. The minimum Gasteiger partial charge on any atom is -0.385 e. The number of nitrogens with zero attached hydrogens (tertiary/aromatic N) is 2. The van der Waals surface area contributed by atoms with Gasteiger partial charge in [0, 0.05) is 52.0 Å². The van der Waals surface area contributed by atoms with Gasteiger partial charge in [-0.15, -0.1) is 0 Å². The average molecular weight is 331 g/mol. The fraction of sp³-hybridized carbons (Fsp3) is 0.533. The van der Waals surface area contributed by atoms with E-state index in [4.69, 9.17) is 27.9 Å². The van der Waals surface area contributed by atoms with E-state index in [9.17, 15) is 4.79 Å². The van der Waals surface area contributed by atoms with Crippen LogP contribution in [0.2, 0.25) is 10.0 Å². The number of piperazine rings is 1. The molecule has 1 aliphatic heterocycles. The SMILES string of the molecule is COCCCN1CCN(C(=O)c2ccc(Cl)c(Cl)c2)CC1. The average Bonchev–Trinajstić information content (AvgIpc) is 2.50. The van der Waals surface area contributed by atoms with Crippen LogP contribution in [0.1, 0.15) is 16.8 Å². The van der Waals surface area contributed by atoms with Crippen molar-refractivity contribution in [1.82, 2.24) is 9.80 Å². The van der Waals surface area contributed by atoms with Gasteiger partial charge in [0.25, 0.3) is 5.91 Å². The Morgan fingerprint density at radius 2 is 1.90 bits per heavy atom. The summed E-state index contributed by atoms with van der Waals surface area (Å²) in [4.78, 5) is 16.6. The molecule has 6 heteroatoms. The van der Waals surface area contributed by atoms with E-state index in [1.807, 2.05) is 4.90 Å². The number of hydrogen-bond donors (Lipinski definition) is 0. The summed E-state index contributed by atoms with van der Waals surface area (Å²) in [5.41, 5.74) is 0.595. The van der Waals surface area contributed by atoms with Gasteiger partial charge in [0.05, 0.1) is 10.0 Å². The summed E-state index contributed by atoms with van der Waals surface area (Å²) < 4.78 is 5.06. The molecule has 0 atom stereocenters. The molecule has 0 unspecified atom stereocenters. The highest BCUT2D eigenvalue weighted by Gasteiger charge is 2.22. The summed E-state index contributed by atoms with van der Waals surface area (Å²) >= 11 is 11.8. The molecule has 1 aromatic rings. The van der Waals surface area contributed by atoms with Crippen LogP contribution in [-0.2, 0) is 4.74 Å². The van der Waals surface area contributed by atoms with E-state index in [1.165, 1.54) is 0 Å². The lowest BCUT2D eigenvalue weighted by molar-refractivity contribution is 0.0624. The minimum absolute atomic E-state index is 0.0186. The number of rotatable bonds is 5. The molecule has 0 saturated carbocycles. The first-order valence-electron chi connectivity index (χ1n) is 7.07. The lowest BCUT2D eigenvalue weighted by Crippen LogP contribution is -2.48. The van der Waals surface area contributed by atoms with Gasteiger partial charge in [-0.2, -0.15) is 0 Å². The zero-order valence-corrected chi connectivity index (χ0v) is 13.7. The number of ether oxygens (including phenoxy) is 1. The van der Waals surface area contributed by atoms with Crippen molar-refractivity contribution < 1.29 is 9.53 Å². The predicted octanol–water partition coefficient (Wildman–Crippen LogP) is 2.79. The van der Waals surface area contributed by atoms with E-state index in [-0.39, 0.29) is 5.91 Å². The summed E-state index contributed by atoms with van der Waals surface area (Å²) in [6.07, 6.45) is 1.03. The van der Waals surface area contributed by atoms with E-state index >= 15 is 0 Å². The second-order valence-electron chi connectivity index (χ2n) is 5.11. The molecule has 0 bridgehead atoms. The normalized spacial score (nSPS) is 16.2. The summed E-state index contributed by atoms with van der Waals surface area (Å²) in [6, 6.07) is 5.02. The Kier molecular flexibility index (Phi) is 6.30. The van der Waals surface area contributed by atoms with Gasteiger partial charge in [0.1, 0.15) is 0 Å². The van der Waals surface area contributed by atoms with Crippen molar-refractivity contribution in [3.63, 3.8) is 0 Å². The molecule has 0 N–H and O–H groups in total. The number of carbonyl (C=O) groups is 1. The Bertz CT molecular complexity index is 489. The van der Waals surface area contributed by atoms with E-state index in [2.05, 4.69) is 4.90 Å². The zero-order valence-electron chi connectivity index (χ0n) is 12.1. The topological polar surface area (TPSA) is 32.8 Å². The lowest BCUT2D eigenvalue weighted by atomic mass is 10.2. The highest BCUT2D eigenvalue weighted by Crippen LogP contribution is 2.23. The van der Waals surface area contributed by atoms with Gasteiger partial charge in [-0.05, 0) is 24.6 Å². The molecule has 1 amide bonds. The third-order valence-corrected chi connectivity index (χ3v) is 4.39. The summed E-state index contributed by atoms with van der Waals surface area (Å²) in [5.74, 6) is 0.0186. The number of amides is 1. The second-order valence-corrected chi connectivity index (χ2v) is 5.92. The zero-order chi connectivity index (χ0) is 15.2. The van der Waals surface area contributed by atoms with Gasteiger partial charge < -0.3 is 9.64 Å². The Hall–Kier alpha value is -0.810. The van der Waals surface area contributed by atoms with Crippen LogP contribution >= 0.6 is 23.2 Å². The standard InChI is InChI=1S/C15H20Cl2N2O2/c1-21-10-2-5-18-6-8-19(9-7-18)15(20)12-3-4-13(16)14(17)11-12/h3-4,11H,2,5-10H2,1H3. The highest BCUT2D eigenvalue weighted by molar-refractivity contribution is 6.42. The molecule has 0 radical (unpaired) electrons. The van der Waals surface area contributed by atoms with Gasteiger partial charge in [0.15, 0.2) is 0 Å². The molecule has 1 heterocycles. The van der Waals surface area contributed by atoms with Crippen LogP contribution in [0.15, 0.2) is 18.2 Å². The minimum atomic E-state index is 0.0186. The van der Waals surface area contributed by atoms with Crippen LogP contribution in [-0.4, -0.2) is 62.1 Å². The third-order valence-electron chi connectivity index (χ3n) is 3.65. The van der Waals surface area contributed by atoms with Crippen molar-refractivity contribution >= 4 is 29.1 Å². The number of benzene rings is 1. The fourth-order valence-electron chi connectivity index (χ4n) is 2.42. The first-order chi connectivity index (χ1) is 10.1. The smallest absolute Gasteiger partial charge is 0.253 e. The summed E-state index contributed by atoms with van der Waals surface area (Å²) in [6.45, 7) is 5.08. The van der Waals surface area contributed by atoms with E-state index in [1.54, 1.807) is 25.3 Å². The van der Waals surface area contributed by atoms with Crippen LogP contribution in [0.3, 0.4) is 0 Å². The Morgan fingerprint density at radius 1 is 1.19 bits per heavy atom. The predicted molar refractivity (Wildman–Crippen MR) is 85.3 cm³/mol. The third kappa shape index (κ3) is 4.58. The summed E-state index contributed by atoms with van der Waals surface area (Å²) in [5, 5.41) is 0.886. The van der Waals surface area contributed by atoms with Gasteiger partial charge in [-0.1, -0.05) is 23.2 Å². The molecule has 1 fully saturated rings. The molecule has 2 rings (SSSR count). The maximum atomic E-state index is 12.4. The monoisotopic (exact) mass is 330 g/mol. The van der Waals surface area contributed by atoms with Crippen molar-refractivity contribution in [3.8, 4) is 0 Å². The number of hydrogen-bond acceptors (Lipinski definition) is 3. The molecule has 0 aromatic heterocycles. The second kappa shape index (κ2) is 7.99. The van der Waals surface area contributed by atoms with Gasteiger partial charge in [-0.25, -0.2) is 0 Å². The molecule has 1 aliphatic rings. The first kappa shape index (κ1) is 16.6. The van der Waals surface area contributed by atoms with Crippen LogP contribution in [0.4, 0.5) is 0 Å². The maximum Gasteiger partial charge on any atom is 0.253 e. The Labute approximate surface area is 135 Å². The molecule has 0 aliphatic carbocycles. The highest BCUT2D eigenvalue weighted by atomic mass is 35.5. The van der Waals surface area contributed by atoms with E-state index in [0.717, 1.165) is 45.8 Å². The molecule has 1 aromatic carbocycles. The molecule has 21 heavy (non-hydrogen) atoms. The van der Waals surface area contributed by atoms with Crippen molar-refractivity contribution in [2.45, 2.75) is 6.42 Å². The van der Waals surface area contributed by atoms with Crippen LogP contribution in [0.5, 0.6) is 0 Å². The quantitative estimate of drug-likeness (QED) is 0.778. The van der Waals surface area contributed by atoms with Crippen molar-refractivity contribution in [2.75, 3.05) is 46.4 Å². The number of carbonyl (C=O) groups excluding carboxylic acids is 1. The molecular weight excluding hydrogens is 311 g/mol. The molecule has 0 spiro atoms. The van der Waals surface area contributed by atoms with Crippen LogP contribution < -0.4 is 0 Å². The van der Waals surface area contributed by atoms with Crippen LogP contribution in [0, 0.1) is 0 Å². The molecule has 116 valence electrons. The Balaban J connectivity index is 1.86. The van der Waals surface area contributed by atoms with Crippen LogP contribution in [0.25, 0.3) is 0 Å². The van der Waals surface area contributed by atoms with E-state index < -0.39 is 0 Å². The first-order valence-corrected chi connectivity index (χ1v) is 7.83. The molecule has 4 nitrogen and oxygen atoms in total. The number of methoxy groups -OCH3 is 1. The van der Waals surface area contributed by atoms with E-state index in [0.29, 0.717) is 15.6 Å². The van der Waals surface area contributed by atoms with Crippen molar-refractivity contribution in [1.29, 1.82) is 0 Å². The largest absolute Gasteiger partial charge is 0.385 e. The van der Waals surface area contributed by atoms with Gasteiger partial charge in [0.2, 0.25) is 0 Å². The molecular formula is C15H20Cl2N2O2. The van der Waals surface area contributed by atoms with Gasteiger partial charge >= 0.3 is 0 Å². The molecule has 1 saturated heterocycles. The van der Waals surface area contributed by atoms with Crippen molar-refractivity contribution in [2.24, 2.45) is 0 Å². The summed E-state index contributed by atoms with van der Waals surface area (Å²) in [7, 11) is 1.72. The fourth-order valence-corrected chi connectivity index (χ4v) is 2.72.